The zero-order valence-electron chi connectivity index (χ0n) is 11.8. The van der Waals surface area contributed by atoms with Gasteiger partial charge in [-0.15, -0.1) is 0 Å². The Bertz CT molecular complexity index is 487. The molecular formula is C15H20ClFN2O. The minimum atomic E-state index is -0.509. The van der Waals surface area contributed by atoms with Gasteiger partial charge in [-0.05, 0) is 57.0 Å². The first kappa shape index (κ1) is 15.3. The summed E-state index contributed by atoms with van der Waals surface area (Å²) >= 11 is 5.69. The van der Waals surface area contributed by atoms with Gasteiger partial charge in [0.05, 0.1) is 11.7 Å². The molecule has 0 unspecified atom stereocenters. The molecule has 1 fully saturated rings. The molecule has 1 aromatic carbocycles. The smallest absolute Gasteiger partial charge is 0.241 e. The molecule has 1 saturated heterocycles. The second-order valence-corrected chi connectivity index (χ2v) is 5.94. The standard InChI is InChI=1S/C15H20ClFN2O/c1-10-5-7-19(8-6-10)11(2)15(20)18-14-4-3-12(16)9-13(14)17/h3-4,9-11H,5-8H2,1-2H3,(H,18,20)/t11-/m0/s1. The fraction of sp³-hybridized carbons (Fsp3) is 0.533. The molecule has 0 aromatic heterocycles. The van der Waals surface area contributed by atoms with Gasteiger partial charge in [0.2, 0.25) is 5.91 Å². The highest BCUT2D eigenvalue weighted by Crippen LogP contribution is 2.21. The maximum atomic E-state index is 13.7. The third-order valence-electron chi connectivity index (χ3n) is 3.93. The van der Waals surface area contributed by atoms with Gasteiger partial charge in [-0.2, -0.15) is 0 Å². The van der Waals surface area contributed by atoms with Gasteiger partial charge in [0, 0.05) is 5.02 Å². The molecule has 1 aliphatic heterocycles. The molecule has 1 aromatic rings. The fourth-order valence-corrected chi connectivity index (χ4v) is 2.57. The minimum Gasteiger partial charge on any atom is -0.322 e. The molecule has 0 radical (unpaired) electrons. The first-order valence-electron chi connectivity index (χ1n) is 6.97. The van der Waals surface area contributed by atoms with E-state index in [9.17, 15) is 9.18 Å². The molecule has 0 bridgehead atoms. The molecule has 0 aliphatic carbocycles. The van der Waals surface area contributed by atoms with Crippen LogP contribution >= 0.6 is 11.6 Å². The molecule has 20 heavy (non-hydrogen) atoms. The van der Waals surface area contributed by atoms with E-state index in [1.807, 2.05) is 6.92 Å². The Kier molecular flexibility index (Phi) is 5.00. The van der Waals surface area contributed by atoms with Crippen LogP contribution in [0.5, 0.6) is 0 Å². The van der Waals surface area contributed by atoms with E-state index in [1.54, 1.807) is 6.07 Å². The number of rotatable bonds is 3. The number of hydrogen-bond donors (Lipinski definition) is 1. The van der Waals surface area contributed by atoms with Gasteiger partial charge in [0.1, 0.15) is 5.82 Å². The van der Waals surface area contributed by atoms with Gasteiger partial charge in [0.15, 0.2) is 0 Å². The van der Waals surface area contributed by atoms with Crippen LogP contribution in [0.25, 0.3) is 0 Å². The topological polar surface area (TPSA) is 32.3 Å². The first-order valence-corrected chi connectivity index (χ1v) is 7.35. The van der Waals surface area contributed by atoms with Crippen LogP contribution in [-0.2, 0) is 4.79 Å². The molecule has 2 rings (SSSR count). The molecule has 3 nitrogen and oxygen atoms in total. The summed E-state index contributed by atoms with van der Waals surface area (Å²) in [5, 5.41) is 2.95. The van der Waals surface area contributed by atoms with Crippen LogP contribution in [0.15, 0.2) is 18.2 Å². The third-order valence-corrected chi connectivity index (χ3v) is 4.17. The van der Waals surface area contributed by atoms with Gasteiger partial charge >= 0.3 is 0 Å². The van der Waals surface area contributed by atoms with Crippen molar-refractivity contribution in [1.82, 2.24) is 4.90 Å². The number of carbonyl (C=O) groups is 1. The Morgan fingerprint density at radius 2 is 2.10 bits per heavy atom. The van der Waals surface area contributed by atoms with Gasteiger partial charge < -0.3 is 5.32 Å². The van der Waals surface area contributed by atoms with Crippen molar-refractivity contribution in [3.8, 4) is 0 Å². The van der Waals surface area contributed by atoms with Crippen LogP contribution < -0.4 is 5.32 Å². The SMILES string of the molecule is CC1CCN([C@@H](C)C(=O)Nc2ccc(Cl)cc2F)CC1. The quantitative estimate of drug-likeness (QED) is 0.926. The predicted octanol–water partition coefficient (Wildman–Crippen LogP) is 3.54. The number of carbonyl (C=O) groups excluding carboxylic acids is 1. The number of hydrogen-bond acceptors (Lipinski definition) is 2. The Hall–Kier alpha value is -1.13. The van der Waals surface area contributed by atoms with Crippen LogP contribution in [0.3, 0.4) is 0 Å². The van der Waals surface area contributed by atoms with E-state index in [1.165, 1.54) is 12.1 Å². The van der Waals surface area contributed by atoms with Crippen LogP contribution in [0.1, 0.15) is 26.7 Å². The van der Waals surface area contributed by atoms with Gasteiger partial charge in [-0.25, -0.2) is 4.39 Å². The normalized spacial score (nSPS) is 18.8. The highest BCUT2D eigenvalue weighted by molar-refractivity contribution is 6.30. The Morgan fingerprint density at radius 3 is 2.70 bits per heavy atom. The summed E-state index contributed by atoms with van der Waals surface area (Å²) in [4.78, 5) is 14.3. The zero-order chi connectivity index (χ0) is 14.7. The molecule has 0 saturated carbocycles. The number of halogens is 2. The minimum absolute atomic E-state index is 0.177. The van der Waals surface area contributed by atoms with Crippen molar-refractivity contribution in [2.75, 3.05) is 18.4 Å². The Labute approximate surface area is 124 Å². The van der Waals surface area contributed by atoms with E-state index in [0.29, 0.717) is 5.02 Å². The van der Waals surface area contributed by atoms with Crippen molar-refractivity contribution in [1.29, 1.82) is 0 Å². The molecule has 0 spiro atoms. The molecule has 5 heteroatoms. The average molecular weight is 299 g/mol. The summed E-state index contributed by atoms with van der Waals surface area (Å²) in [7, 11) is 0. The van der Waals surface area contributed by atoms with Gasteiger partial charge in [-0.1, -0.05) is 18.5 Å². The summed E-state index contributed by atoms with van der Waals surface area (Å²) in [5.74, 6) is 0.0290. The highest BCUT2D eigenvalue weighted by Gasteiger charge is 2.25. The second-order valence-electron chi connectivity index (χ2n) is 5.51. The highest BCUT2D eigenvalue weighted by atomic mass is 35.5. The molecule has 1 amide bonds. The van der Waals surface area contributed by atoms with E-state index in [-0.39, 0.29) is 17.6 Å². The van der Waals surface area contributed by atoms with E-state index < -0.39 is 5.82 Å². The van der Waals surface area contributed by atoms with E-state index in [4.69, 9.17) is 11.6 Å². The third kappa shape index (κ3) is 3.70. The largest absolute Gasteiger partial charge is 0.322 e. The number of piperidine rings is 1. The van der Waals surface area contributed by atoms with Crippen molar-refractivity contribution in [3.05, 3.63) is 29.0 Å². The van der Waals surface area contributed by atoms with E-state index >= 15 is 0 Å². The molecule has 110 valence electrons. The summed E-state index contributed by atoms with van der Waals surface area (Å²) in [5.41, 5.74) is 0.177. The number of amides is 1. The van der Waals surface area contributed by atoms with Crippen molar-refractivity contribution >= 4 is 23.2 Å². The average Bonchev–Trinajstić information content (AvgIpc) is 2.42. The lowest BCUT2D eigenvalue weighted by Gasteiger charge is -2.34. The summed E-state index contributed by atoms with van der Waals surface area (Å²) in [6, 6.07) is 4.00. The summed E-state index contributed by atoms with van der Waals surface area (Å²) < 4.78 is 13.7. The van der Waals surface area contributed by atoms with E-state index in [0.717, 1.165) is 31.8 Å². The van der Waals surface area contributed by atoms with Gasteiger partial charge in [-0.3, -0.25) is 9.69 Å². The molecule has 1 aliphatic rings. The molecule has 1 atom stereocenters. The van der Waals surface area contributed by atoms with Crippen molar-refractivity contribution in [2.45, 2.75) is 32.7 Å². The number of likely N-dealkylation sites (tertiary alicyclic amines) is 1. The lowest BCUT2D eigenvalue weighted by molar-refractivity contribution is -0.121. The van der Waals surface area contributed by atoms with E-state index in [2.05, 4.69) is 17.1 Å². The second kappa shape index (κ2) is 6.55. The van der Waals surface area contributed by atoms with Gasteiger partial charge in [0.25, 0.3) is 0 Å². The van der Waals surface area contributed by atoms with Crippen molar-refractivity contribution in [3.63, 3.8) is 0 Å². The zero-order valence-corrected chi connectivity index (χ0v) is 12.6. The van der Waals surface area contributed by atoms with Crippen LogP contribution in [0.2, 0.25) is 5.02 Å². The van der Waals surface area contributed by atoms with Crippen LogP contribution in [0, 0.1) is 11.7 Å². The number of benzene rings is 1. The Morgan fingerprint density at radius 1 is 1.45 bits per heavy atom. The van der Waals surface area contributed by atoms with Crippen LogP contribution in [-0.4, -0.2) is 29.9 Å². The molecule has 1 heterocycles. The number of nitrogens with zero attached hydrogens (tertiary/aromatic N) is 1. The number of anilines is 1. The maximum absolute atomic E-state index is 13.7. The number of nitrogens with one attached hydrogen (secondary N) is 1. The van der Waals surface area contributed by atoms with Crippen molar-refractivity contribution in [2.24, 2.45) is 5.92 Å². The van der Waals surface area contributed by atoms with Crippen LogP contribution in [0.4, 0.5) is 10.1 Å². The lowest BCUT2D eigenvalue weighted by Crippen LogP contribution is -2.45. The maximum Gasteiger partial charge on any atom is 0.241 e. The first-order chi connectivity index (χ1) is 9.47. The predicted molar refractivity (Wildman–Crippen MR) is 79.5 cm³/mol. The monoisotopic (exact) mass is 298 g/mol. The fourth-order valence-electron chi connectivity index (χ4n) is 2.41. The lowest BCUT2D eigenvalue weighted by atomic mass is 9.98. The van der Waals surface area contributed by atoms with Crippen molar-refractivity contribution < 1.29 is 9.18 Å². The Balaban J connectivity index is 1.97. The molecular weight excluding hydrogens is 279 g/mol. The molecule has 1 N–H and O–H groups in total. The summed E-state index contributed by atoms with van der Waals surface area (Å²) in [6.45, 7) is 5.92. The summed E-state index contributed by atoms with van der Waals surface area (Å²) in [6.07, 6.45) is 2.21.